The Bertz CT molecular complexity index is 654. The minimum Gasteiger partial charge on any atom is -0.378 e. The van der Waals surface area contributed by atoms with Crippen LogP contribution in [0.5, 0.6) is 0 Å². The minimum atomic E-state index is 0.335. The highest BCUT2D eigenvalue weighted by Crippen LogP contribution is 2.29. The summed E-state index contributed by atoms with van der Waals surface area (Å²) in [6.45, 7) is 6.65. The van der Waals surface area contributed by atoms with Gasteiger partial charge in [-0.1, -0.05) is 6.92 Å². The summed E-state index contributed by atoms with van der Waals surface area (Å²) in [5.74, 6) is 1.17. The molecular formula is C18H26N4O. The Morgan fingerprint density at radius 3 is 2.87 bits per heavy atom. The van der Waals surface area contributed by atoms with Crippen LogP contribution in [-0.2, 0) is 11.2 Å². The fourth-order valence-electron chi connectivity index (χ4n) is 4.01. The smallest absolute Gasteiger partial charge is 0.160 e. The van der Waals surface area contributed by atoms with Gasteiger partial charge in [0.2, 0.25) is 0 Å². The molecule has 0 aromatic carbocycles. The third-order valence-electron chi connectivity index (χ3n) is 5.33. The number of fused-ring (bicyclic) bond motifs is 1. The van der Waals surface area contributed by atoms with Gasteiger partial charge in [0.25, 0.3) is 0 Å². The Balaban J connectivity index is 1.65. The van der Waals surface area contributed by atoms with Gasteiger partial charge in [-0.25, -0.2) is 9.97 Å². The summed E-state index contributed by atoms with van der Waals surface area (Å²) >= 11 is 0. The molecule has 0 N–H and O–H groups in total. The Morgan fingerprint density at radius 2 is 2.13 bits per heavy atom. The summed E-state index contributed by atoms with van der Waals surface area (Å²) in [6.07, 6.45) is 7.86. The molecule has 1 unspecified atom stereocenters. The van der Waals surface area contributed by atoms with Gasteiger partial charge in [0.05, 0.1) is 6.10 Å². The highest BCUT2D eigenvalue weighted by atomic mass is 16.5. The number of piperidine rings is 1. The predicted octanol–water partition coefficient (Wildman–Crippen LogP) is 2.81. The van der Waals surface area contributed by atoms with Gasteiger partial charge in [-0.2, -0.15) is 0 Å². The summed E-state index contributed by atoms with van der Waals surface area (Å²) in [5, 5.41) is 0. The van der Waals surface area contributed by atoms with Crippen LogP contribution in [0.1, 0.15) is 44.5 Å². The van der Waals surface area contributed by atoms with E-state index >= 15 is 0 Å². The molecule has 2 aliphatic rings. The summed E-state index contributed by atoms with van der Waals surface area (Å²) < 4.78 is 8.27. The number of nitrogens with zero attached hydrogens (tertiary/aromatic N) is 4. The first-order valence-corrected chi connectivity index (χ1v) is 9.01. The van der Waals surface area contributed by atoms with Crippen molar-refractivity contribution < 1.29 is 4.74 Å². The van der Waals surface area contributed by atoms with E-state index in [4.69, 9.17) is 9.72 Å². The van der Waals surface area contributed by atoms with Gasteiger partial charge < -0.3 is 14.2 Å². The summed E-state index contributed by atoms with van der Waals surface area (Å²) in [7, 11) is 0. The van der Waals surface area contributed by atoms with Crippen molar-refractivity contribution >= 4 is 11.2 Å². The fourth-order valence-corrected chi connectivity index (χ4v) is 4.01. The molecule has 0 aliphatic carbocycles. The molecule has 124 valence electrons. The molecular weight excluding hydrogens is 288 g/mol. The fraction of sp³-hybridized carbons (Fsp3) is 0.667. The molecule has 2 aliphatic heterocycles. The van der Waals surface area contributed by atoms with Gasteiger partial charge in [0.15, 0.2) is 5.65 Å². The van der Waals surface area contributed by atoms with E-state index in [0.717, 1.165) is 37.2 Å². The summed E-state index contributed by atoms with van der Waals surface area (Å²) in [4.78, 5) is 12.1. The lowest BCUT2D eigenvalue weighted by Gasteiger charge is -2.32. The highest BCUT2D eigenvalue weighted by Gasteiger charge is 2.26. The van der Waals surface area contributed by atoms with E-state index in [-0.39, 0.29) is 0 Å². The first-order valence-electron chi connectivity index (χ1n) is 9.01. The molecule has 5 nitrogen and oxygen atoms in total. The standard InChI is InChI=1S/C18H26N4O/c1-2-21-10-7-14(8-11-21)22-17(13-15-5-4-12-23-15)20-16-6-3-9-19-18(16)22/h3,6,9,14-15H,2,4-5,7-8,10-13H2,1H3. The molecule has 0 bridgehead atoms. The average molecular weight is 314 g/mol. The monoisotopic (exact) mass is 314 g/mol. The number of hydrogen-bond acceptors (Lipinski definition) is 4. The maximum absolute atomic E-state index is 5.85. The van der Waals surface area contributed by atoms with E-state index in [2.05, 4.69) is 27.4 Å². The van der Waals surface area contributed by atoms with Gasteiger partial charge in [-0.15, -0.1) is 0 Å². The quantitative estimate of drug-likeness (QED) is 0.870. The van der Waals surface area contributed by atoms with Crippen molar-refractivity contribution in [2.75, 3.05) is 26.2 Å². The molecule has 2 aromatic heterocycles. The molecule has 5 heteroatoms. The van der Waals surface area contributed by atoms with Crippen molar-refractivity contribution in [2.45, 2.75) is 51.2 Å². The molecule has 2 saturated heterocycles. The van der Waals surface area contributed by atoms with Crippen LogP contribution in [0.4, 0.5) is 0 Å². The van der Waals surface area contributed by atoms with Crippen molar-refractivity contribution in [3.8, 4) is 0 Å². The van der Waals surface area contributed by atoms with Crippen LogP contribution in [0, 0.1) is 0 Å². The van der Waals surface area contributed by atoms with Crippen molar-refractivity contribution in [2.24, 2.45) is 0 Å². The van der Waals surface area contributed by atoms with Crippen LogP contribution in [0.2, 0.25) is 0 Å². The Labute approximate surface area is 137 Å². The molecule has 4 rings (SSSR count). The number of ether oxygens (including phenoxy) is 1. The predicted molar refractivity (Wildman–Crippen MR) is 90.6 cm³/mol. The summed E-state index contributed by atoms with van der Waals surface area (Å²) in [5.41, 5.74) is 2.08. The van der Waals surface area contributed by atoms with Gasteiger partial charge in [-0.05, 0) is 44.4 Å². The summed E-state index contributed by atoms with van der Waals surface area (Å²) in [6, 6.07) is 4.59. The third-order valence-corrected chi connectivity index (χ3v) is 5.33. The van der Waals surface area contributed by atoms with Crippen LogP contribution in [0.25, 0.3) is 11.2 Å². The third kappa shape index (κ3) is 3.00. The second kappa shape index (κ2) is 6.57. The average Bonchev–Trinajstić information content (AvgIpc) is 3.22. The van der Waals surface area contributed by atoms with Gasteiger partial charge in [0, 0.05) is 38.4 Å². The van der Waals surface area contributed by atoms with Crippen LogP contribution in [0.3, 0.4) is 0 Å². The van der Waals surface area contributed by atoms with Crippen molar-refractivity contribution in [3.63, 3.8) is 0 Å². The van der Waals surface area contributed by atoms with Crippen molar-refractivity contribution in [1.29, 1.82) is 0 Å². The van der Waals surface area contributed by atoms with E-state index in [0.29, 0.717) is 12.1 Å². The second-order valence-electron chi connectivity index (χ2n) is 6.75. The maximum atomic E-state index is 5.85. The number of hydrogen-bond donors (Lipinski definition) is 0. The number of likely N-dealkylation sites (tertiary alicyclic amines) is 1. The van der Waals surface area contributed by atoms with E-state index in [1.807, 2.05) is 12.3 Å². The Kier molecular flexibility index (Phi) is 4.31. The van der Waals surface area contributed by atoms with Crippen LogP contribution < -0.4 is 0 Å². The highest BCUT2D eigenvalue weighted by molar-refractivity contribution is 5.71. The van der Waals surface area contributed by atoms with Gasteiger partial charge in [0.1, 0.15) is 11.3 Å². The van der Waals surface area contributed by atoms with Crippen molar-refractivity contribution in [3.05, 3.63) is 24.2 Å². The largest absolute Gasteiger partial charge is 0.378 e. The number of aromatic nitrogens is 3. The lowest BCUT2D eigenvalue weighted by Crippen LogP contribution is -2.35. The maximum Gasteiger partial charge on any atom is 0.160 e. The zero-order valence-corrected chi connectivity index (χ0v) is 13.9. The minimum absolute atomic E-state index is 0.335. The second-order valence-corrected chi connectivity index (χ2v) is 6.75. The van der Waals surface area contributed by atoms with Crippen LogP contribution in [-0.4, -0.2) is 51.8 Å². The number of imidazole rings is 1. The van der Waals surface area contributed by atoms with E-state index < -0.39 is 0 Å². The van der Waals surface area contributed by atoms with E-state index in [9.17, 15) is 0 Å². The van der Waals surface area contributed by atoms with Crippen molar-refractivity contribution in [1.82, 2.24) is 19.4 Å². The SMILES string of the molecule is CCN1CCC(n2c(CC3CCCO3)nc3cccnc32)CC1. The molecule has 1 atom stereocenters. The molecule has 0 radical (unpaired) electrons. The molecule has 0 amide bonds. The van der Waals surface area contributed by atoms with Gasteiger partial charge >= 0.3 is 0 Å². The molecule has 0 saturated carbocycles. The van der Waals surface area contributed by atoms with Gasteiger partial charge in [-0.3, -0.25) is 0 Å². The molecule has 23 heavy (non-hydrogen) atoms. The van der Waals surface area contributed by atoms with E-state index in [1.165, 1.54) is 38.2 Å². The van der Waals surface area contributed by atoms with Crippen LogP contribution in [0.15, 0.2) is 18.3 Å². The normalized spacial score (nSPS) is 23.8. The zero-order valence-electron chi connectivity index (χ0n) is 13.9. The first-order chi connectivity index (χ1) is 11.3. The lowest BCUT2D eigenvalue weighted by molar-refractivity contribution is 0.108. The number of rotatable bonds is 4. The number of pyridine rings is 1. The molecule has 0 spiro atoms. The first kappa shape index (κ1) is 15.1. The zero-order chi connectivity index (χ0) is 15.6. The lowest BCUT2D eigenvalue weighted by atomic mass is 10.0. The Morgan fingerprint density at radius 1 is 1.26 bits per heavy atom. The molecule has 2 aromatic rings. The Hall–Kier alpha value is -1.46. The van der Waals surface area contributed by atoms with Crippen LogP contribution >= 0.6 is 0 Å². The van der Waals surface area contributed by atoms with E-state index in [1.54, 1.807) is 0 Å². The molecule has 4 heterocycles. The molecule has 2 fully saturated rings. The topological polar surface area (TPSA) is 43.2 Å².